The van der Waals surface area contributed by atoms with E-state index in [1.807, 2.05) is 0 Å². The summed E-state index contributed by atoms with van der Waals surface area (Å²) in [6.07, 6.45) is -2.56. The molecule has 2 N–H and O–H groups in total. The molecule has 0 aromatic heterocycles. The Labute approximate surface area is 120 Å². The summed E-state index contributed by atoms with van der Waals surface area (Å²) in [6, 6.07) is 0. The third kappa shape index (κ3) is 9.61. The van der Waals surface area contributed by atoms with Gasteiger partial charge in [-0.3, -0.25) is 8.37 Å². The van der Waals surface area contributed by atoms with E-state index >= 15 is 0 Å². The van der Waals surface area contributed by atoms with E-state index in [1.54, 1.807) is 13.8 Å². The van der Waals surface area contributed by atoms with Crippen LogP contribution in [0.4, 0.5) is 0 Å². The van der Waals surface area contributed by atoms with Crippen LogP contribution in [0.5, 0.6) is 0 Å². The van der Waals surface area contributed by atoms with Crippen molar-refractivity contribution in [2.24, 2.45) is 5.92 Å². The maximum absolute atomic E-state index is 11.1. The summed E-state index contributed by atoms with van der Waals surface area (Å²) in [5, 5.41) is 19.5. The van der Waals surface area contributed by atoms with Crippen molar-refractivity contribution < 1.29 is 35.4 Å². The van der Waals surface area contributed by atoms with Crippen molar-refractivity contribution in [3.8, 4) is 0 Å². The number of aliphatic hydroxyl groups is 2. The Hall–Kier alpha value is -0.260. The summed E-state index contributed by atoms with van der Waals surface area (Å²) >= 11 is 0. The molecule has 0 heterocycles. The maximum Gasteiger partial charge on any atom is 0.264 e. The monoisotopic (exact) mass is 334 g/mol. The van der Waals surface area contributed by atoms with Crippen LogP contribution in [0.1, 0.15) is 20.3 Å². The molecule has 0 amide bonds. The average Bonchev–Trinajstić information content (AvgIpc) is 2.20. The zero-order chi connectivity index (χ0) is 16.1. The van der Waals surface area contributed by atoms with Gasteiger partial charge in [0, 0.05) is 0 Å². The van der Waals surface area contributed by atoms with E-state index in [0.29, 0.717) is 0 Å². The van der Waals surface area contributed by atoms with E-state index in [2.05, 4.69) is 4.18 Å². The van der Waals surface area contributed by atoms with Gasteiger partial charge >= 0.3 is 0 Å². The van der Waals surface area contributed by atoms with Gasteiger partial charge in [-0.05, 0) is 12.3 Å². The van der Waals surface area contributed by atoms with Crippen LogP contribution in [0, 0.1) is 5.92 Å². The molecule has 122 valence electrons. The van der Waals surface area contributed by atoms with Gasteiger partial charge in [0.15, 0.2) is 0 Å². The summed E-state index contributed by atoms with van der Waals surface area (Å²) in [5.74, 6) is -0.000531. The summed E-state index contributed by atoms with van der Waals surface area (Å²) in [4.78, 5) is 0. The molecule has 0 aromatic carbocycles. The number of hydrogen-bond acceptors (Lipinski definition) is 8. The Morgan fingerprint density at radius 3 is 1.85 bits per heavy atom. The van der Waals surface area contributed by atoms with Crippen molar-refractivity contribution in [3.63, 3.8) is 0 Å². The molecule has 0 saturated carbocycles. The minimum Gasteiger partial charge on any atom is -0.388 e. The van der Waals surface area contributed by atoms with Crippen molar-refractivity contribution in [1.29, 1.82) is 0 Å². The molecule has 0 aliphatic heterocycles. The number of hydrogen-bond donors (Lipinski definition) is 2. The van der Waals surface area contributed by atoms with E-state index in [4.69, 9.17) is 4.18 Å². The van der Waals surface area contributed by atoms with E-state index < -0.39 is 45.2 Å². The first-order valence-corrected chi connectivity index (χ1v) is 9.54. The highest BCUT2D eigenvalue weighted by Gasteiger charge is 2.31. The van der Waals surface area contributed by atoms with E-state index in [-0.39, 0.29) is 12.3 Å². The van der Waals surface area contributed by atoms with Crippen LogP contribution in [0.25, 0.3) is 0 Å². The predicted molar refractivity (Wildman–Crippen MR) is 72.0 cm³/mol. The van der Waals surface area contributed by atoms with E-state index in [0.717, 1.165) is 12.5 Å². The molecule has 8 nitrogen and oxygen atoms in total. The van der Waals surface area contributed by atoms with Gasteiger partial charge in [0.1, 0.15) is 18.3 Å². The SMILES string of the molecule is CC(C)CC(OS(C)(=O)=O)[C@H](O)[C@@H](O)COS(C)(=O)=O. The Balaban J connectivity index is 4.79. The molecular formula is C10H22O8S2. The lowest BCUT2D eigenvalue weighted by atomic mass is 9.99. The number of aliphatic hydroxyl groups excluding tert-OH is 2. The largest absolute Gasteiger partial charge is 0.388 e. The second kappa shape index (κ2) is 7.66. The predicted octanol–water partition coefficient (Wildman–Crippen LogP) is -0.925. The fraction of sp³-hybridized carbons (Fsp3) is 1.00. The van der Waals surface area contributed by atoms with E-state index in [9.17, 15) is 27.0 Å². The molecule has 0 aliphatic carbocycles. The first-order chi connectivity index (χ1) is 8.82. The Morgan fingerprint density at radius 2 is 1.50 bits per heavy atom. The minimum absolute atomic E-state index is 0.000531. The first-order valence-electron chi connectivity index (χ1n) is 5.90. The highest BCUT2D eigenvalue weighted by molar-refractivity contribution is 7.86. The second-order valence-electron chi connectivity index (χ2n) is 5.01. The lowest BCUT2D eigenvalue weighted by molar-refractivity contribution is -0.0661. The molecule has 0 saturated heterocycles. The zero-order valence-electron chi connectivity index (χ0n) is 11.9. The average molecular weight is 334 g/mol. The third-order valence-electron chi connectivity index (χ3n) is 2.23. The summed E-state index contributed by atoms with van der Waals surface area (Å²) in [6.45, 7) is 2.89. The molecular weight excluding hydrogens is 312 g/mol. The highest BCUT2D eigenvalue weighted by atomic mass is 32.2. The van der Waals surface area contributed by atoms with Crippen LogP contribution in [-0.2, 0) is 28.6 Å². The lowest BCUT2D eigenvalue weighted by Crippen LogP contribution is -2.43. The fourth-order valence-corrected chi connectivity index (χ4v) is 2.49. The molecule has 0 aromatic rings. The molecule has 10 heteroatoms. The Morgan fingerprint density at radius 1 is 1.00 bits per heavy atom. The second-order valence-corrected chi connectivity index (χ2v) is 8.26. The third-order valence-corrected chi connectivity index (χ3v) is 3.39. The lowest BCUT2D eigenvalue weighted by Gasteiger charge is -2.26. The van der Waals surface area contributed by atoms with Crippen LogP contribution < -0.4 is 0 Å². The van der Waals surface area contributed by atoms with Crippen LogP contribution in [0.3, 0.4) is 0 Å². The normalized spacial score (nSPS) is 17.9. The van der Waals surface area contributed by atoms with Gasteiger partial charge in [0.25, 0.3) is 20.2 Å². The fourth-order valence-electron chi connectivity index (χ4n) is 1.46. The summed E-state index contributed by atoms with van der Waals surface area (Å²) in [7, 11) is -7.59. The first kappa shape index (κ1) is 19.7. The van der Waals surface area contributed by atoms with Gasteiger partial charge in [-0.1, -0.05) is 13.8 Å². The van der Waals surface area contributed by atoms with Gasteiger partial charge in [0.05, 0.1) is 19.1 Å². The van der Waals surface area contributed by atoms with Crippen LogP contribution in [0.2, 0.25) is 0 Å². The van der Waals surface area contributed by atoms with Crippen molar-refractivity contribution in [2.75, 3.05) is 19.1 Å². The van der Waals surface area contributed by atoms with Crippen molar-refractivity contribution >= 4 is 20.2 Å². The van der Waals surface area contributed by atoms with Crippen molar-refractivity contribution in [3.05, 3.63) is 0 Å². The molecule has 0 fully saturated rings. The molecule has 0 aliphatic rings. The van der Waals surface area contributed by atoms with Gasteiger partial charge in [-0.15, -0.1) is 0 Å². The van der Waals surface area contributed by atoms with Gasteiger partial charge in [-0.25, -0.2) is 0 Å². The van der Waals surface area contributed by atoms with Gasteiger partial charge < -0.3 is 10.2 Å². The standard InChI is InChI=1S/C10H22O8S2/c1-7(2)5-9(18-20(4,15)16)10(12)8(11)6-17-19(3,13)14/h7-12H,5-6H2,1-4H3/t8-,9?,10+/m0/s1. The molecule has 3 atom stereocenters. The van der Waals surface area contributed by atoms with Crippen LogP contribution in [0.15, 0.2) is 0 Å². The molecule has 1 unspecified atom stereocenters. The smallest absolute Gasteiger partial charge is 0.264 e. The van der Waals surface area contributed by atoms with Crippen molar-refractivity contribution in [1.82, 2.24) is 0 Å². The molecule has 0 bridgehead atoms. The number of rotatable bonds is 9. The summed E-state index contributed by atoms with van der Waals surface area (Å²) in [5.41, 5.74) is 0. The van der Waals surface area contributed by atoms with Crippen molar-refractivity contribution in [2.45, 2.75) is 38.6 Å². The van der Waals surface area contributed by atoms with Gasteiger partial charge in [-0.2, -0.15) is 16.8 Å². The van der Waals surface area contributed by atoms with Crippen LogP contribution >= 0.6 is 0 Å². The topological polar surface area (TPSA) is 127 Å². The van der Waals surface area contributed by atoms with Gasteiger partial charge in [0.2, 0.25) is 0 Å². The molecule has 20 heavy (non-hydrogen) atoms. The van der Waals surface area contributed by atoms with Crippen LogP contribution in [-0.4, -0.2) is 64.5 Å². The molecule has 0 rings (SSSR count). The zero-order valence-corrected chi connectivity index (χ0v) is 13.5. The Kier molecular flexibility index (Phi) is 7.56. The summed E-state index contributed by atoms with van der Waals surface area (Å²) < 4.78 is 52.9. The minimum atomic E-state index is -3.82. The highest BCUT2D eigenvalue weighted by Crippen LogP contribution is 2.17. The molecule has 0 spiro atoms. The molecule has 0 radical (unpaired) electrons. The maximum atomic E-state index is 11.1. The van der Waals surface area contributed by atoms with E-state index in [1.165, 1.54) is 0 Å². The quantitative estimate of drug-likeness (QED) is 0.518. The Bertz CT molecular complexity index is 481.